The van der Waals surface area contributed by atoms with Crippen molar-refractivity contribution in [2.45, 2.75) is 46.5 Å². The summed E-state index contributed by atoms with van der Waals surface area (Å²) in [5, 5.41) is 8.21. The highest BCUT2D eigenvalue weighted by Crippen LogP contribution is 2.40. The Hall–Kier alpha value is -3.30. The number of carbonyl (C=O) groups is 2. The van der Waals surface area contributed by atoms with E-state index in [9.17, 15) is 9.59 Å². The van der Waals surface area contributed by atoms with E-state index in [2.05, 4.69) is 26.3 Å². The van der Waals surface area contributed by atoms with Crippen LogP contribution in [0.2, 0.25) is 10.0 Å². The molecule has 1 aliphatic carbocycles. The number of anilines is 1. The van der Waals surface area contributed by atoms with Crippen LogP contribution in [0.15, 0.2) is 58.4 Å². The van der Waals surface area contributed by atoms with Gasteiger partial charge in [-0.3, -0.25) is 9.59 Å². The van der Waals surface area contributed by atoms with Gasteiger partial charge in [-0.2, -0.15) is 0 Å². The van der Waals surface area contributed by atoms with Gasteiger partial charge in [0.05, 0.1) is 26.2 Å². The Morgan fingerprint density at radius 2 is 1.79 bits per heavy atom. The third kappa shape index (κ3) is 5.69. The normalized spacial score (nSPS) is 16.6. The Morgan fingerprint density at radius 3 is 2.55 bits per heavy atom. The summed E-state index contributed by atoms with van der Waals surface area (Å²) in [6, 6.07) is 15.0. The number of aliphatic imine (C=N–C) groups is 1. The van der Waals surface area contributed by atoms with Crippen LogP contribution >= 0.6 is 46.3 Å². The molecule has 42 heavy (non-hydrogen) atoms. The lowest BCUT2D eigenvalue weighted by molar-refractivity contribution is -0.115. The number of amidine groups is 1. The summed E-state index contributed by atoms with van der Waals surface area (Å²) in [5.41, 5.74) is 7.31. The third-order valence-electron chi connectivity index (χ3n) is 7.43. The van der Waals surface area contributed by atoms with Gasteiger partial charge in [0.15, 0.2) is 5.17 Å². The first-order valence-corrected chi connectivity index (χ1v) is 16.0. The molecule has 1 fully saturated rings. The molecule has 0 unspecified atom stereocenters. The average molecular weight is 636 g/mol. The molecular formula is C32H28Cl2N4O2S2. The van der Waals surface area contributed by atoms with Crippen LogP contribution in [-0.2, 0) is 17.6 Å². The van der Waals surface area contributed by atoms with Crippen LogP contribution in [-0.4, -0.2) is 21.5 Å². The fraction of sp³-hybridized carbons (Fsp3) is 0.219. The van der Waals surface area contributed by atoms with E-state index in [0.717, 1.165) is 70.0 Å². The smallest absolute Gasteiger partial charge is 0.264 e. The van der Waals surface area contributed by atoms with Crippen LogP contribution in [0.1, 0.15) is 56.2 Å². The summed E-state index contributed by atoms with van der Waals surface area (Å²) >= 11 is 15.1. The van der Waals surface area contributed by atoms with Gasteiger partial charge in [-0.15, -0.1) is 11.3 Å². The fourth-order valence-corrected chi connectivity index (χ4v) is 7.94. The highest BCUT2D eigenvalue weighted by atomic mass is 35.5. The standard InChI is InChI=1S/C32H28Cl2N4O2S2/c1-17-8-10-21(11-9-17)35-30(40)28-23-6-4-5-7-26(23)41-31(28)38-18(2)14-20(19(38)3)15-27-29(39)37-32(42-27)36-22-12-13-24(33)25(34)16-22/h8-16H,4-7H2,1-3H3,(H,35,40)(H,36,37,39)/b27-15-. The molecule has 2 N–H and O–H groups in total. The molecule has 0 spiro atoms. The molecule has 4 aromatic rings. The van der Waals surface area contributed by atoms with E-state index in [0.29, 0.717) is 25.8 Å². The number of hydrogen-bond donors (Lipinski definition) is 2. The van der Waals surface area contributed by atoms with Crippen LogP contribution in [0.25, 0.3) is 11.1 Å². The number of aromatic nitrogens is 1. The van der Waals surface area contributed by atoms with Gasteiger partial charge in [0.1, 0.15) is 5.00 Å². The van der Waals surface area contributed by atoms with Gasteiger partial charge in [0, 0.05) is 22.0 Å². The number of rotatable bonds is 5. The zero-order valence-corrected chi connectivity index (χ0v) is 26.5. The van der Waals surface area contributed by atoms with E-state index >= 15 is 0 Å². The van der Waals surface area contributed by atoms with Crippen LogP contribution < -0.4 is 10.6 Å². The van der Waals surface area contributed by atoms with Gasteiger partial charge in [0.2, 0.25) is 0 Å². The minimum absolute atomic E-state index is 0.0884. The fourth-order valence-electron chi connectivity index (χ4n) is 5.31. The van der Waals surface area contributed by atoms with Crippen molar-refractivity contribution in [3.05, 3.63) is 102 Å². The highest BCUT2D eigenvalue weighted by Gasteiger charge is 2.29. The lowest BCUT2D eigenvalue weighted by atomic mass is 9.95. The maximum atomic E-state index is 13.8. The SMILES string of the molecule is Cc1ccc(NC(=O)c2c(-n3c(C)cc(/C=C4\SC(=Nc5ccc(Cl)c(Cl)c5)NC4=O)c3C)sc3c2CCCC3)cc1. The zero-order valence-electron chi connectivity index (χ0n) is 23.3. The molecule has 1 aliphatic heterocycles. The van der Waals surface area contributed by atoms with Gasteiger partial charge < -0.3 is 15.2 Å². The van der Waals surface area contributed by atoms with Crippen molar-refractivity contribution >= 4 is 80.7 Å². The summed E-state index contributed by atoms with van der Waals surface area (Å²) in [4.78, 5) is 33.0. The number of thiophene rings is 1. The maximum absolute atomic E-state index is 13.8. The van der Waals surface area contributed by atoms with Gasteiger partial charge in [-0.05, 0) is 112 Å². The first kappa shape index (κ1) is 28.8. The molecular weight excluding hydrogens is 607 g/mol. The minimum Gasteiger partial charge on any atom is -0.322 e. The van der Waals surface area contributed by atoms with Crippen LogP contribution in [0.3, 0.4) is 0 Å². The first-order chi connectivity index (χ1) is 20.2. The van der Waals surface area contributed by atoms with Crippen molar-refractivity contribution in [3.8, 4) is 5.00 Å². The average Bonchev–Trinajstić information content (AvgIpc) is 3.59. The number of nitrogens with one attached hydrogen (secondary N) is 2. The lowest BCUT2D eigenvalue weighted by Crippen LogP contribution is -2.19. The summed E-state index contributed by atoms with van der Waals surface area (Å²) in [6.07, 6.45) is 5.98. The number of carbonyl (C=O) groups excluding carboxylic acids is 2. The Kier molecular flexibility index (Phi) is 8.07. The molecule has 1 saturated heterocycles. The molecule has 0 saturated carbocycles. The Balaban J connectivity index is 1.34. The minimum atomic E-state index is -0.214. The number of fused-ring (bicyclic) bond motifs is 1. The second-order valence-electron chi connectivity index (χ2n) is 10.5. The van der Waals surface area contributed by atoms with Gasteiger partial charge >= 0.3 is 0 Å². The predicted octanol–water partition coefficient (Wildman–Crippen LogP) is 8.79. The van der Waals surface area contributed by atoms with E-state index in [4.69, 9.17) is 23.2 Å². The molecule has 2 amide bonds. The quantitative estimate of drug-likeness (QED) is 0.215. The number of thioether (sulfide) groups is 1. The monoisotopic (exact) mass is 634 g/mol. The van der Waals surface area contributed by atoms with Crippen molar-refractivity contribution in [1.82, 2.24) is 9.88 Å². The van der Waals surface area contributed by atoms with E-state index < -0.39 is 0 Å². The van der Waals surface area contributed by atoms with Gasteiger partial charge in [-0.1, -0.05) is 40.9 Å². The highest BCUT2D eigenvalue weighted by molar-refractivity contribution is 8.18. The summed E-state index contributed by atoms with van der Waals surface area (Å²) in [6.45, 7) is 6.09. The third-order valence-corrected chi connectivity index (χ3v) is 10.4. The largest absolute Gasteiger partial charge is 0.322 e. The molecule has 6 rings (SSSR count). The number of nitrogens with zero attached hydrogens (tertiary/aromatic N) is 2. The molecule has 214 valence electrons. The Morgan fingerprint density at radius 1 is 1.02 bits per heavy atom. The van der Waals surface area contributed by atoms with Crippen LogP contribution in [0, 0.1) is 20.8 Å². The second kappa shape index (κ2) is 11.8. The topological polar surface area (TPSA) is 75.5 Å². The van der Waals surface area contributed by atoms with Gasteiger partial charge in [0.25, 0.3) is 11.8 Å². The zero-order chi connectivity index (χ0) is 29.5. The molecule has 0 bridgehead atoms. The van der Waals surface area contributed by atoms with E-state index in [-0.39, 0.29) is 11.8 Å². The van der Waals surface area contributed by atoms with E-state index in [1.807, 2.05) is 51.1 Å². The molecule has 3 heterocycles. The van der Waals surface area contributed by atoms with Crippen molar-refractivity contribution in [2.75, 3.05) is 5.32 Å². The van der Waals surface area contributed by atoms with Crippen molar-refractivity contribution in [2.24, 2.45) is 4.99 Å². The lowest BCUT2D eigenvalue weighted by Gasteiger charge is -2.14. The van der Waals surface area contributed by atoms with Crippen molar-refractivity contribution in [3.63, 3.8) is 0 Å². The number of benzene rings is 2. The predicted molar refractivity (Wildman–Crippen MR) is 176 cm³/mol. The Bertz CT molecular complexity index is 1800. The van der Waals surface area contributed by atoms with Crippen LogP contribution in [0.4, 0.5) is 11.4 Å². The molecule has 2 aromatic heterocycles. The van der Waals surface area contributed by atoms with E-state index in [1.54, 1.807) is 29.5 Å². The second-order valence-corrected chi connectivity index (χ2v) is 13.4. The molecule has 6 nitrogen and oxygen atoms in total. The number of halogens is 2. The number of aryl methyl sites for hydroxylation is 3. The van der Waals surface area contributed by atoms with Crippen molar-refractivity contribution in [1.29, 1.82) is 0 Å². The van der Waals surface area contributed by atoms with E-state index in [1.165, 1.54) is 16.6 Å². The number of amides is 2. The van der Waals surface area contributed by atoms with Crippen molar-refractivity contribution < 1.29 is 9.59 Å². The summed E-state index contributed by atoms with van der Waals surface area (Å²) < 4.78 is 2.15. The molecule has 2 aromatic carbocycles. The first-order valence-electron chi connectivity index (χ1n) is 13.6. The molecule has 0 radical (unpaired) electrons. The maximum Gasteiger partial charge on any atom is 0.264 e. The summed E-state index contributed by atoms with van der Waals surface area (Å²) in [7, 11) is 0. The summed E-state index contributed by atoms with van der Waals surface area (Å²) in [5.74, 6) is -0.303. The van der Waals surface area contributed by atoms with Gasteiger partial charge in [-0.25, -0.2) is 4.99 Å². The van der Waals surface area contributed by atoms with Crippen LogP contribution in [0.5, 0.6) is 0 Å². The molecule has 2 aliphatic rings. The number of hydrogen-bond acceptors (Lipinski definition) is 5. The molecule has 0 atom stereocenters. The Labute approximate surface area is 262 Å². The molecule has 10 heteroatoms.